The smallest absolute Gasteiger partial charge is 0.238 e. The van der Waals surface area contributed by atoms with Crippen molar-refractivity contribution in [2.45, 2.75) is 32.0 Å². The summed E-state index contributed by atoms with van der Waals surface area (Å²) >= 11 is 6.94. The topological polar surface area (TPSA) is 50.4 Å². The van der Waals surface area contributed by atoms with Gasteiger partial charge in [-0.2, -0.15) is 0 Å². The number of rotatable bonds is 3. The lowest BCUT2D eigenvalue weighted by Gasteiger charge is -2.18. The fourth-order valence-electron chi connectivity index (χ4n) is 2.24. The minimum atomic E-state index is -0.345. The molecular formula is C13H16Br2N2O2. The molecule has 0 spiro atoms. The average molecular weight is 392 g/mol. The van der Waals surface area contributed by atoms with E-state index in [9.17, 15) is 4.79 Å². The fraction of sp³-hybridized carbons (Fsp3) is 0.462. The molecule has 0 aliphatic carbocycles. The molecule has 1 aliphatic heterocycles. The molecule has 2 N–H and O–H groups in total. The molecule has 1 aromatic rings. The minimum absolute atomic E-state index is 0.0352. The summed E-state index contributed by atoms with van der Waals surface area (Å²) in [5.74, 6) is 0.793. The van der Waals surface area contributed by atoms with Crippen LogP contribution in [0, 0.1) is 0 Å². The number of amides is 1. The van der Waals surface area contributed by atoms with Gasteiger partial charge in [0.25, 0.3) is 0 Å². The van der Waals surface area contributed by atoms with E-state index in [0.29, 0.717) is 6.42 Å². The Kier molecular flexibility index (Phi) is 4.23. The first-order chi connectivity index (χ1) is 8.82. The quantitative estimate of drug-likeness (QED) is 0.832. The molecule has 0 saturated carbocycles. The molecule has 1 fully saturated rings. The molecule has 0 aromatic heterocycles. The Labute approximate surface area is 129 Å². The molecule has 1 aliphatic rings. The molecule has 6 heteroatoms. The van der Waals surface area contributed by atoms with Gasteiger partial charge in [-0.25, -0.2) is 0 Å². The van der Waals surface area contributed by atoms with Crippen molar-refractivity contribution < 1.29 is 9.53 Å². The van der Waals surface area contributed by atoms with Gasteiger partial charge in [0.2, 0.25) is 5.91 Å². The Bertz CT molecular complexity index is 494. The highest BCUT2D eigenvalue weighted by Gasteiger charge is 2.36. The molecule has 104 valence electrons. The van der Waals surface area contributed by atoms with Crippen LogP contribution in [0.1, 0.15) is 19.4 Å². The Hall–Kier alpha value is -0.590. The van der Waals surface area contributed by atoms with Crippen LogP contribution in [-0.2, 0) is 11.2 Å². The van der Waals surface area contributed by atoms with E-state index in [2.05, 4.69) is 42.5 Å². The van der Waals surface area contributed by atoms with Gasteiger partial charge in [0.1, 0.15) is 5.75 Å². The van der Waals surface area contributed by atoms with E-state index in [1.807, 2.05) is 26.0 Å². The maximum Gasteiger partial charge on any atom is 0.238 e. The molecular weight excluding hydrogens is 376 g/mol. The van der Waals surface area contributed by atoms with Crippen LogP contribution in [0.4, 0.5) is 0 Å². The summed E-state index contributed by atoms with van der Waals surface area (Å²) in [5, 5.41) is 6.19. The lowest BCUT2D eigenvalue weighted by molar-refractivity contribution is -0.120. The van der Waals surface area contributed by atoms with Gasteiger partial charge in [0.05, 0.1) is 27.8 Å². The van der Waals surface area contributed by atoms with Gasteiger partial charge in [-0.1, -0.05) is 0 Å². The van der Waals surface area contributed by atoms with Crippen LogP contribution in [-0.4, -0.2) is 24.7 Å². The number of carbonyl (C=O) groups is 1. The molecule has 1 amide bonds. The third kappa shape index (κ3) is 3.30. The zero-order valence-corrected chi connectivity index (χ0v) is 14.2. The third-order valence-corrected chi connectivity index (χ3v) is 4.17. The second-order valence-electron chi connectivity index (χ2n) is 5.11. The van der Waals surface area contributed by atoms with Gasteiger partial charge >= 0.3 is 0 Å². The van der Waals surface area contributed by atoms with Crippen molar-refractivity contribution in [1.82, 2.24) is 10.6 Å². The van der Waals surface area contributed by atoms with Gasteiger partial charge in [0, 0.05) is 0 Å². The van der Waals surface area contributed by atoms with E-state index in [0.717, 1.165) is 20.3 Å². The van der Waals surface area contributed by atoms with Crippen molar-refractivity contribution in [3.05, 3.63) is 26.6 Å². The van der Waals surface area contributed by atoms with Gasteiger partial charge in [-0.3, -0.25) is 10.1 Å². The van der Waals surface area contributed by atoms with Crippen molar-refractivity contribution in [1.29, 1.82) is 0 Å². The van der Waals surface area contributed by atoms with Crippen molar-refractivity contribution >= 4 is 37.8 Å². The summed E-state index contributed by atoms with van der Waals surface area (Å²) in [5.41, 5.74) is 0.716. The highest BCUT2D eigenvalue weighted by molar-refractivity contribution is 9.11. The predicted molar refractivity (Wildman–Crippen MR) is 81.2 cm³/mol. The lowest BCUT2D eigenvalue weighted by Crippen LogP contribution is -2.44. The number of hydrogen-bond acceptors (Lipinski definition) is 3. The van der Waals surface area contributed by atoms with E-state index < -0.39 is 0 Å². The zero-order chi connectivity index (χ0) is 14.2. The second-order valence-corrected chi connectivity index (χ2v) is 6.82. The molecule has 4 nitrogen and oxygen atoms in total. The fourth-order valence-corrected chi connectivity index (χ4v) is 3.84. The summed E-state index contributed by atoms with van der Waals surface area (Å²) in [6.45, 7) is 3.90. The Balaban J connectivity index is 2.19. The standard InChI is InChI=1S/C13H16Br2N2O2/c1-13(2)16-10(12(18)17-13)6-7-4-8(14)11(19-3)9(15)5-7/h4-5,10,16H,6H2,1-3H3,(H,17,18)/t10-/m0/s1. The number of halogens is 2. The molecule has 1 aromatic carbocycles. The van der Waals surface area contributed by atoms with Crippen molar-refractivity contribution in [2.75, 3.05) is 7.11 Å². The Morgan fingerprint density at radius 3 is 2.32 bits per heavy atom. The number of hydrogen-bond donors (Lipinski definition) is 2. The molecule has 1 atom stereocenters. The van der Waals surface area contributed by atoms with E-state index in [1.54, 1.807) is 7.11 Å². The summed E-state index contributed by atoms with van der Waals surface area (Å²) in [6, 6.07) is 3.75. The molecule has 0 bridgehead atoms. The number of nitrogens with one attached hydrogen (secondary N) is 2. The van der Waals surface area contributed by atoms with Crippen LogP contribution in [0.3, 0.4) is 0 Å². The largest absolute Gasteiger partial charge is 0.494 e. The van der Waals surface area contributed by atoms with Crippen LogP contribution in [0.25, 0.3) is 0 Å². The summed E-state index contributed by atoms with van der Waals surface area (Å²) in [6.07, 6.45) is 0.635. The highest BCUT2D eigenvalue weighted by atomic mass is 79.9. The molecule has 1 saturated heterocycles. The van der Waals surface area contributed by atoms with Crippen LogP contribution in [0.5, 0.6) is 5.75 Å². The molecule has 2 rings (SSSR count). The average Bonchev–Trinajstić information content (AvgIpc) is 2.51. The van der Waals surface area contributed by atoms with E-state index in [1.165, 1.54) is 0 Å². The number of benzene rings is 1. The first-order valence-electron chi connectivity index (χ1n) is 5.94. The summed E-state index contributed by atoms with van der Waals surface area (Å²) in [4.78, 5) is 11.9. The Morgan fingerprint density at radius 2 is 1.89 bits per heavy atom. The number of methoxy groups -OCH3 is 1. The zero-order valence-electron chi connectivity index (χ0n) is 11.0. The van der Waals surface area contributed by atoms with E-state index in [4.69, 9.17) is 4.74 Å². The van der Waals surface area contributed by atoms with Crippen LogP contribution >= 0.6 is 31.9 Å². The maximum atomic E-state index is 11.9. The second kappa shape index (κ2) is 5.42. The lowest BCUT2D eigenvalue weighted by atomic mass is 10.1. The maximum absolute atomic E-state index is 11.9. The van der Waals surface area contributed by atoms with E-state index >= 15 is 0 Å². The van der Waals surface area contributed by atoms with Gasteiger partial charge < -0.3 is 10.1 Å². The molecule has 0 unspecified atom stereocenters. The molecule has 0 radical (unpaired) electrons. The monoisotopic (exact) mass is 390 g/mol. The van der Waals surface area contributed by atoms with Crippen LogP contribution < -0.4 is 15.4 Å². The molecule has 1 heterocycles. The first-order valence-corrected chi connectivity index (χ1v) is 7.52. The van der Waals surface area contributed by atoms with Gasteiger partial charge in [-0.15, -0.1) is 0 Å². The van der Waals surface area contributed by atoms with Crippen LogP contribution in [0.2, 0.25) is 0 Å². The first kappa shape index (κ1) is 14.8. The van der Waals surface area contributed by atoms with Crippen LogP contribution in [0.15, 0.2) is 21.1 Å². The third-order valence-electron chi connectivity index (χ3n) is 2.99. The number of ether oxygens (including phenoxy) is 1. The van der Waals surface area contributed by atoms with Crippen molar-refractivity contribution in [3.8, 4) is 5.75 Å². The highest BCUT2D eigenvalue weighted by Crippen LogP contribution is 2.34. The normalized spacial score (nSPS) is 21.3. The van der Waals surface area contributed by atoms with Gasteiger partial charge in [0.15, 0.2) is 0 Å². The SMILES string of the molecule is COc1c(Br)cc(C[C@@H]2NC(C)(C)NC2=O)cc1Br. The summed E-state index contributed by atoms with van der Waals surface area (Å²) < 4.78 is 7.01. The molecule has 19 heavy (non-hydrogen) atoms. The van der Waals surface area contributed by atoms with Gasteiger partial charge in [-0.05, 0) is 69.8 Å². The summed E-state index contributed by atoms with van der Waals surface area (Å²) in [7, 11) is 1.62. The van der Waals surface area contributed by atoms with Crippen molar-refractivity contribution in [3.63, 3.8) is 0 Å². The predicted octanol–water partition coefficient (Wildman–Crippen LogP) is 2.59. The number of carbonyl (C=O) groups excluding carboxylic acids is 1. The minimum Gasteiger partial charge on any atom is -0.494 e. The van der Waals surface area contributed by atoms with E-state index in [-0.39, 0.29) is 17.6 Å². The Morgan fingerprint density at radius 1 is 1.32 bits per heavy atom. The van der Waals surface area contributed by atoms with Crippen molar-refractivity contribution in [2.24, 2.45) is 0 Å².